The van der Waals surface area contributed by atoms with E-state index in [1.165, 1.54) is 26.2 Å². The number of unbranched alkanes of at least 4 members (excludes halogenated alkanes) is 1. The van der Waals surface area contributed by atoms with Crippen LogP contribution in [0.3, 0.4) is 0 Å². The zero-order chi connectivity index (χ0) is 60.8. The quantitative estimate of drug-likeness (QED) is 0.0233. The molecule has 0 fully saturated rings. The fourth-order valence-electron chi connectivity index (χ4n) is 10.7. The Hall–Kier alpha value is -7.84. The lowest BCUT2D eigenvalue weighted by atomic mass is 9.76. The molecule has 1 aliphatic heterocycles. The van der Waals surface area contributed by atoms with Gasteiger partial charge in [-0.1, -0.05) is 61.5 Å². The minimum absolute atomic E-state index is 0.0260. The predicted octanol–water partition coefficient (Wildman–Crippen LogP) is 0.854. The van der Waals surface area contributed by atoms with Crippen LogP contribution in [0.2, 0.25) is 0 Å². The summed E-state index contributed by atoms with van der Waals surface area (Å²) < 4.78 is 5.43. The Balaban J connectivity index is 1.09. The van der Waals surface area contributed by atoms with Gasteiger partial charge >= 0.3 is 0 Å². The molecule has 0 saturated carbocycles. The molecule has 9 atom stereocenters. The lowest BCUT2D eigenvalue weighted by molar-refractivity contribution is -0.135. The first-order valence-corrected chi connectivity index (χ1v) is 29.1. The van der Waals surface area contributed by atoms with Gasteiger partial charge < -0.3 is 73.7 Å². The van der Waals surface area contributed by atoms with Crippen LogP contribution in [0.15, 0.2) is 85.1 Å². The number of para-hydroxylation sites is 1. The summed E-state index contributed by atoms with van der Waals surface area (Å²) in [6.45, 7) is 3.57. The molecule has 23 nitrogen and oxygen atoms in total. The van der Waals surface area contributed by atoms with Gasteiger partial charge in [0.05, 0.1) is 19.8 Å². The van der Waals surface area contributed by atoms with E-state index in [1.807, 2.05) is 53.4 Å². The minimum Gasteiger partial charge on any atom is -0.508 e. The van der Waals surface area contributed by atoms with Crippen molar-refractivity contribution in [3.63, 3.8) is 0 Å². The molecule has 8 amide bonds. The first-order valence-electron chi connectivity index (χ1n) is 27.9. The van der Waals surface area contributed by atoms with Gasteiger partial charge in [-0.2, -0.15) is 25.3 Å². The zero-order valence-electron chi connectivity index (χ0n) is 47.0. The smallest absolute Gasteiger partial charge is 0.244 e. The summed E-state index contributed by atoms with van der Waals surface area (Å²) in [4.78, 5) is 116. The largest absolute Gasteiger partial charge is 0.508 e. The number of aromatic nitrogens is 1. The Labute approximate surface area is 497 Å². The fraction of sp³-hybridized carbons (Fsp3) is 0.424. The van der Waals surface area contributed by atoms with E-state index in [0.717, 1.165) is 33.2 Å². The summed E-state index contributed by atoms with van der Waals surface area (Å²) in [5, 5.41) is 50.8. The molecule has 0 bridgehead atoms. The number of phenolic OH excluding ortho intramolecular Hbond substituents is 2. The number of methoxy groups -OCH3 is 1. The van der Waals surface area contributed by atoms with Crippen molar-refractivity contribution >= 4 is 83.4 Å². The minimum atomic E-state index is -1.46. The van der Waals surface area contributed by atoms with E-state index >= 15 is 0 Å². The van der Waals surface area contributed by atoms with E-state index in [-0.39, 0.29) is 67.8 Å². The van der Waals surface area contributed by atoms with Gasteiger partial charge in [-0.05, 0) is 110 Å². The predicted molar refractivity (Wildman–Crippen MR) is 321 cm³/mol. The maximum atomic E-state index is 14.9. The highest BCUT2D eigenvalue weighted by molar-refractivity contribution is 7.80. The number of hydrogen-bond acceptors (Lipinski definition) is 16. The van der Waals surface area contributed by atoms with Crippen LogP contribution < -0.4 is 53.4 Å². The molecule has 450 valence electrons. The number of carbonyl (C=O) groups excluding carboxylic acids is 8. The van der Waals surface area contributed by atoms with Crippen LogP contribution in [0.4, 0.5) is 0 Å². The number of hydrogen-bond donors (Lipinski definition) is 15. The number of phenols is 2. The van der Waals surface area contributed by atoms with Crippen LogP contribution in [0.25, 0.3) is 22.0 Å². The summed E-state index contributed by atoms with van der Waals surface area (Å²) in [6, 6.07) is 13.3. The van der Waals surface area contributed by atoms with Gasteiger partial charge in [-0.3, -0.25) is 43.3 Å². The number of benzene rings is 4. The highest BCUT2D eigenvalue weighted by Gasteiger charge is 2.39. The molecule has 0 radical (unpaired) electrons. The molecular weight excluding hydrogens is 1120 g/mol. The van der Waals surface area contributed by atoms with Crippen molar-refractivity contribution in [1.82, 2.24) is 47.1 Å². The van der Waals surface area contributed by atoms with Crippen molar-refractivity contribution in [3.05, 3.63) is 113 Å². The second-order valence-corrected chi connectivity index (χ2v) is 21.7. The molecule has 1 aliphatic carbocycles. The fourth-order valence-corrected chi connectivity index (χ4v) is 11.2. The number of H-pyrrole nitrogens is 1. The summed E-state index contributed by atoms with van der Waals surface area (Å²) in [5.41, 5.74) is 17.6. The van der Waals surface area contributed by atoms with E-state index in [1.54, 1.807) is 31.3 Å². The lowest BCUT2D eigenvalue weighted by Crippen LogP contribution is -2.61. The van der Waals surface area contributed by atoms with Gasteiger partial charge in [0.25, 0.3) is 0 Å². The summed E-state index contributed by atoms with van der Waals surface area (Å²) in [7, 11) is 1.49. The Kier molecular flexibility index (Phi) is 22.5. The molecule has 4 aromatic carbocycles. The Bertz CT molecular complexity index is 3200. The number of amides is 8. The number of carbonyl (C=O) groups is 8. The third kappa shape index (κ3) is 15.7. The first kappa shape index (κ1) is 63.7. The molecule has 1 aromatic heterocycles. The molecule has 84 heavy (non-hydrogen) atoms. The van der Waals surface area contributed by atoms with Crippen molar-refractivity contribution in [2.24, 2.45) is 11.5 Å². The summed E-state index contributed by atoms with van der Waals surface area (Å²) in [6.07, 6.45) is 2.12. The van der Waals surface area contributed by atoms with E-state index in [9.17, 15) is 53.7 Å². The van der Waals surface area contributed by atoms with E-state index in [4.69, 9.17) is 16.2 Å². The highest BCUT2D eigenvalue weighted by atomic mass is 32.1. The SMILES string of the molecule is CC[C@H](NC(=O)[C@H](CCCCN)NC(=O)[C@@H](Cc1c[nH]c2ccccc12)NC(=O)[C@H](Cc1ccc(O)cc1)NC(=O)[C@H](CS)NC(=O)CN1CCc2cccc3c2C1Cc1ccc(OC)c(O)c1-3)C(=O)N[C@@H](CS)C(=O)N[C@H](C(N)=O)[C@@H](C)O. The molecule has 2 heterocycles. The number of nitrogens with two attached hydrogens (primary N) is 2. The molecule has 0 saturated heterocycles. The summed E-state index contributed by atoms with van der Waals surface area (Å²) in [5.74, 6) is -6.33. The average molecular weight is 1190 g/mol. The van der Waals surface area contributed by atoms with Crippen LogP contribution in [0.1, 0.15) is 73.4 Å². The zero-order valence-corrected chi connectivity index (χ0v) is 48.8. The molecule has 7 rings (SSSR count). The Morgan fingerprint density at radius 2 is 1.32 bits per heavy atom. The molecule has 0 spiro atoms. The first-order chi connectivity index (χ1) is 40.3. The number of nitrogens with zero attached hydrogens (tertiary/aromatic N) is 1. The van der Waals surface area contributed by atoms with E-state index in [0.29, 0.717) is 54.7 Å². The van der Waals surface area contributed by atoms with Gasteiger partial charge in [0.15, 0.2) is 11.5 Å². The number of aliphatic hydroxyl groups excluding tert-OH is 1. The number of aromatic amines is 1. The Morgan fingerprint density at radius 3 is 1.98 bits per heavy atom. The normalized spacial score (nSPS) is 16.3. The number of nitrogens with one attached hydrogen (secondary N) is 8. The number of rotatable bonds is 29. The molecule has 5 aromatic rings. The van der Waals surface area contributed by atoms with Gasteiger partial charge in [-0.15, -0.1) is 0 Å². The van der Waals surface area contributed by atoms with E-state index in [2.05, 4.69) is 67.5 Å². The number of thiol groups is 2. The van der Waals surface area contributed by atoms with Crippen LogP contribution in [0, 0.1) is 0 Å². The average Bonchev–Trinajstić information content (AvgIpc) is 1.56. The van der Waals surface area contributed by atoms with Crippen molar-refractivity contribution in [2.45, 2.75) is 120 Å². The monoisotopic (exact) mass is 1190 g/mol. The molecule has 25 heteroatoms. The maximum absolute atomic E-state index is 14.9. The number of fused-ring (bicyclic) bond motifs is 3. The van der Waals surface area contributed by atoms with Crippen LogP contribution in [-0.2, 0) is 64.0 Å². The van der Waals surface area contributed by atoms with Gasteiger partial charge in [0, 0.05) is 59.6 Å². The third-order valence-corrected chi connectivity index (χ3v) is 15.9. The second-order valence-electron chi connectivity index (χ2n) is 21.0. The van der Waals surface area contributed by atoms with Crippen LogP contribution >= 0.6 is 25.3 Å². The summed E-state index contributed by atoms with van der Waals surface area (Å²) >= 11 is 8.63. The van der Waals surface area contributed by atoms with Crippen molar-refractivity contribution in [1.29, 1.82) is 0 Å². The van der Waals surface area contributed by atoms with Crippen LogP contribution in [0.5, 0.6) is 17.2 Å². The standard InChI is InChI=1S/C59H75N11O12S2/c1-4-39(54(76)68-45(30-84)59(81)69-51(31(2)71)53(61)75)64-55(77)41(14-7-8-22-60)65-57(79)43(25-35-27-62-40-13-6-5-11-37(35)40)67-56(78)42(24-32-15-18-36(72)19-16-32)66-58(80)44(29-83)63-48(73)28-70-23-21-33-10-9-12-38-49(33)46(70)26-34-17-20-47(82-3)52(74)50(34)38/h5-6,9-13,15-20,27,31,39,41-46,51,62,71-72,74,83-84H,4,7-8,14,21-26,28-30,60H2,1-3H3,(H2,61,75)(H,63,73)(H,64,77)(H,65,79)(H,66,80)(H,67,78)(H,68,76)(H,69,81)/t31-,39+,41+,42+,43-,44+,45+,46?,51+/m1/s1. The Morgan fingerprint density at radius 1 is 0.714 bits per heavy atom. The topological polar surface area (TPSA) is 362 Å². The molecule has 2 aliphatic rings. The van der Waals surface area contributed by atoms with Crippen molar-refractivity contribution < 1.29 is 58.4 Å². The highest BCUT2D eigenvalue weighted by Crippen LogP contribution is 2.50. The van der Waals surface area contributed by atoms with Gasteiger partial charge in [0.1, 0.15) is 48.0 Å². The van der Waals surface area contributed by atoms with Gasteiger partial charge in [0.2, 0.25) is 47.3 Å². The maximum Gasteiger partial charge on any atom is 0.244 e. The van der Waals surface area contributed by atoms with Crippen molar-refractivity contribution in [2.75, 3.05) is 38.2 Å². The lowest BCUT2D eigenvalue weighted by Gasteiger charge is -2.41. The molecule has 1 unspecified atom stereocenters. The van der Waals surface area contributed by atoms with E-state index < -0.39 is 95.7 Å². The third-order valence-electron chi connectivity index (χ3n) is 15.2. The number of aliphatic hydroxyl groups is 1. The molecular formula is C59H75N11O12S2. The van der Waals surface area contributed by atoms with Crippen molar-refractivity contribution in [3.8, 4) is 28.4 Å². The molecule has 15 N–H and O–H groups in total. The van der Waals surface area contributed by atoms with Crippen LogP contribution in [-0.4, -0.2) is 159 Å². The second kappa shape index (κ2) is 29.6. The number of primary amides is 1. The number of aromatic hydroxyl groups is 2. The number of ether oxygens (including phenoxy) is 1. The van der Waals surface area contributed by atoms with Gasteiger partial charge in [-0.25, -0.2) is 0 Å².